The number of hydrogen-bond donors (Lipinski definition) is 0. The predicted molar refractivity (Wildman–Crippen MR) is 161 cm³/mol. The molecule has 38 heavy (non-hydrogen) atoms. The van der Waals surface area contributed by atoms with Gasteiger partial charge in [-0.3, -0.25) is 0 Å². The number of rotatable bonds is 16. The van der Waals surface area contributed by atoms with Crippen LogP contribution in [0.5, 0.6) is 23.0 Å². The van der Waals surface area contributed by atoms with Crippen LogP contribution in [0, 0.1) is 0 Å². The molecule has 3 rings (SSSR count). The molecule has 0 saturated carbocycles. The molecule has 4 atom stereocenters. The van der Waals surface area contributed by atoms with Crippen LogP contribution in [-0.4, -0.2) is 24.4 Å². The molecule has 0 aliphatic heterocycles. The number of ether oxygens (including phenoxy) is 4. The Labute approximate surface area is 231 Å². The summed E-state index contributed by atoms with van der Waals surface area (Å²) in [5, 5.41) is 4.17. The first kappa shape index (κ1) is 29.9. The van der Waals surface area contributed by atoms with E-state index in [2.05, 4.69) is 91.8 Å². The van der Waals surface area contributed by atoms with Gasteiger partial charge in [0.15, 0.2) is 0 Å². The van der Waals surface area contributed by atoms with E-state index in [0.717, 1.165) is 95.9 Å². The maximum absolute atomic E-state index is 6.70. The highest BCUT2D eigenvalue weighted by atomic mass is 16.5. The first-order valence-corrected chi connectivity index (χ1v) is 15.0. The fourth-order valence-corrected chi connectivity index (χ4v) is 5.24. The van der Waals surface area contributed by atoms with Crippen LogP contribution in [0.15, 0.2) is 36.4 Å². The van der Waals surface area contributed by atoms with Crippen molar-refractivity contribution in [3.05, 3.63) is 36.4 Å². The van der Waals surface area contributed by atoms with Crippen LogP contribution in [0.3, 0.4) is 0 Å². The van der Waals surface area contributed by atoms with E-state index < -0.39 is 0 Å². The van der Waals surface area contributed by atoms with Crippen LogP contribution in [0.2, 0.25) is 0 Å². The molecule has 0 heterocycles. The standard InChI is InChI=1S/C34H50O4/c1-9-13-23(5)35-27-17-19-29-31(21-27)33(37-25(7)15-11-3)30-20-18-28(36-24(6)14-10-2)22-32(30)34(29)38-26(8)16-12-4/h17-26H,9-16H2,1-8H3. The summed E-state index contributed by atoms with van der Waals surface area (Å²) >= 11 is 0. The molecule has 210 valence electrons. The van der Waals surface area contributed by atoms with Gasteiger partial charge in [-0.15, -0.1) is 0 Å². The summed E-state index contributed by atoms with van der Waals surface area (Å²) in [5.41, 5.74) is 0. The van der Waals surface area contributed by atoms with E-state index in [-0.39, 0.29) is 24.4 Å². The average molecular weight is 523 g/mol. The Morgan fingerprint density at radius 1 is 0.447 bits per heavy atom. The van der Waals surface area contributed by atoms with Gasteiger partial charge in [-0.1, -0.05) is 53.4 Å². The van der Waals surface area contributed by atoms with Gasteiger partial charge in [-0.25, -0.2) is 0 Å². The molecule has 0 N–H and O–H groups in total. The fourth-order valence-electron chi connectivity index (χ4n) is 5.24. The third kappa shape index (κ3) is 7.71. The Morgan fingerprint density at radius 3 is 1.08 bits per heavy atom. The second kappa shape index (κ2) is 14.5. The molecular formula is C34H50O4. The van der Waals surface area contributed by atoms with Gasteiger partial charge in [0.25, 0.3) is 0 Å². The van der Waals surface area contributed by atoms with Crippen molar-refractivity contribution in [1.29, 1.82) is 0 Å². The van der Waals surface area contributed by atoms with Gasteiger partial charge >= 0.3 is 0 Å². The van der Waals surface area contributed by atoms with E-state index in [1.165, 1.54) is 0 Å². The zero-order valence-corrected chi connectivity index (χ0v) is 25.1. The number of fused-ring (bicyclic) bond motifs is 2. The average Bonchev–Trinajstić information content (AvgIpc) is 2.86. The smallest absolute Gasteiger partial charge is 0.135 e. The van der Waals surface area contributed by atoms with Crippen molar-refractivity contribution in [1.82, 2.24) is 0 Å². The molecule has 0 aliphatic rings. The molecule has 0 amide bonds. The Balaban J connectivity index is 2.25. The van der Waals surface area contributed by atoms with Crippen molar-refractivity contribution < 1.29 is 18.9 Å². The van der Waals surface area contributed by atoms with Crippen molar-refractivity contribution in [3.8, 4) is 23.0 Å². The maximum atomic E-state index is 6.70. The second-order valence-corrected chi connectivity index (χ2v) is 10.9. The van der Waals surface area contributed by atoms with Crippen LogP contribution in [-0.2, 0) is 0 Å². The minimum absolute atomic E-state index is 0.0984. The lowest BCUT2D eigenvalue weighted by Crippen LogP contribution is -2.14. The predicted octanol–water partition coefficient (Wildman–Crippen LogP) is 10.3. The lowest BCUT2D eigenvalue weighted by molar-refractivity contribution is 0.206. The normalized spacial score (nSPS) is 14.7. The van der Waals surface area contributed by atoms with Crippen LogP contribution in [0.4, 0.5) is 0 Å². The fraction of sp³-hybridized carbons (Fsp3) is 0.588. The quantitative estimate of drug-likeness (QED) is 0.175. The molecule has 0 fully saturated rings. The Morgan fingerprint density at radius 2 is 0.763 bits per heavy atom. The molecule has 4 unspecified atom stereocenters. The zero-order valence-electron chi connectivity index (χ0n) is 25.1. The van der Waals surface area contributed by atoms with Gasteiger partial charge < -0.3 is 18.9 Å². The third-order valence-electron chi connectivity index (χ3n) is 7.05. The molecule has 0 saturated heterocycles. The SMILES string of the molecule is CCCC(C)Oc1ccc2c(OC(C)CCC)c3cc(OC(C)CCC)ccc3c(OC(C)CCC)c2c1. The largest absolute Gasteiger partial charge is 0.491 e. The van der Waals surface area contributed by atoms with Crippen molar-refractivity contribution in [3.63, 3.8) is 0 Å². The summed E-state index contributed by atoms with van der Waals surface area (Å²) in [7, 11) is 0. The molecule has 0 aromatic heterocycles. The van der Waals surface area contributed by atoms with E-state index >= 15 is 0 Å². The van der Waals surface area contributed by atoms with E-state index in [0.29, 0.717) is 0 Å². The van der Waals surface area contributed by atoms with Crippen molar-refractivity contribution in [2.45, 2.75) is 131 Å². The first-order valence-electron chi connectivity index (χ1n) is 15.0. The summed E-state index contributed by atoms with van der Waals surface area (Å²) in [6.07, 6.45) is 8.88. The van der Waals surface area contributed by atoms with E-state index in [4.69, 9.17) is 18.9 Å². The van der Waals surface area contributed by atoms with Gasteiger partial charge in [0.1, 0.15) is 23.0 Å². The summed E-state index contributed by atoms with van der Waals surface area (Å²) in [5.74, 6) is 3.53. The van der Waals surface area contributed by atoms with E-state index in [1.54, 1.807) is 0 Å². The lowest BCUT2D eigenvalue weighted by Gasteiger charge is -2.24. The highest BCUT2D eigenvalue weighted by Crippen LogP contribution is 2.46. The zero-order chi connectivity index (χ0) is 27.7. The molecule has 4 nitrogen and oxygen atoms in total. The highest BCUT2D eigenvalue weighted by molar-refractivity contribution is 6.11. The van der Waals surface area contributed by atoms with Crippen molar-refractivity contribution >= 4 is 21.5 Å². The number of hydrogen-bond acceptors (Lipinski definition) is 4. The van der Waals surface area contributed by atoms with Crippen LogP contribution >= 0.6 is 0 Å². The summed E-state index contributed by atoms with van der Waals surface area (Å²) < 4.78 is 26.0. The molecule has 0 aliphatic carbocycles. The van der Waals surface area contributed by atoms with Crippen LogP contribution < -0.4 is 18.9 Å². The maximum Gasteiger partial charge on any atom is 0.135 e. The number of benzene rings is 3. The monoisotopic (exact) mass is 522 g/mol. The molecule has 4 heteroatoms. The van der Waals surface area contributed by atoms with Gasteiger partial charge in [0.2, 0.25) is 0 Å². The third-order valence-corrected chi connectivity index (χ3v) is 7.05. The Bertz CT molecular complexity index is 1060. The minimum Gasteiger partial charge on any atom is -0.491 e. The minimum atomic E-state index is 0.0984. The summed E-state index contributed by atoms with van der Waals surface area (Å²) in [6, 6.07) is 12.7. The van der Waals surface area contributed by atoms with Gasteiger partial charge in [0, 0.05) is 21.5 Å². The Kier molecular flexibility index (Phi) is 11.4. The second-order valence-electron chi connectivity index (χ2n) is 10.9. The summed E-state index contributed by atoms with van der Waals surface area (Å²) in [6.45, 7) is 17.4. The van der Waals surface area contributed by atoms with E-state index in [9.17, 15) is 0 Å². The molecule has 0 spiro atoms. The first-order chi connectivity index (χ1) is 18.3. The van der Waals surface area contributed by atoms with Crippen molar-refractivity contribution in [2.75, 3.05) is 0 Å². The van der Waals surface area contributed by atoms with Crippen LogP contribution in [0.1, 0.15) is 107 Å². The van der Waals surface area contributed by atoms with Crippen molar-refractivity contribution in [2.24, 2.45) is 0 Å². The molecular weight excluding hydrogens is 472 g/mol. The van der Waals surface area contributed by atoms with E-state index in [1.807, 2.05) is 0 Å². The molecule has 0 radical (unpaired) electrons. The van der Waals surface area contributed by atoms with Gasteiger partial charge in [0.05, 0.1) is 24.4 Å². The van der Waals surface area contributed by atoms with Gasteiger partial charge in [-0.05, 0) is 89.8 Å². The van der Waals surface area contributed by atoms with Crippen LogP contribution in [0.25, 0.3) is 21.5 Å². The molecule has 3 aromatic rings. The topological polar surface area (TPSA) is 36.9 Å². The lowest BCUT2D eigenvalue weighted by atomic mass is 9.99. The highest BCUT2D eigenvalue weighted by Gasteiger charge is 2.21. The molecule has 0 bridgehead atoms. The Hall–Kier alpha value is -2.62. The van der Waals surface area contributed by atoms with Gasteiger partial charge in [-0.2, -0.15) is 0 Å². The molecule has 3 aromatic carbocycles. The summed E-state index contributed by atoms with van der Waals surface area (Å²) in [4.78, 5) is 0.